The average Bonchev–Trinajstić information content (AvgIpc) is 2.80. The van der Waals surface area contributed by atoms with Gasteiger partial charge in [-0.3, -0.25) is 24.0 Å². The molecule has 4 unspecified atom stereocenters. The maximum Gasteiger partial charge on any atom is 0.326 e. The van der Waals surface area contributed by atoms with Crippen LogP contribution < -0.4 is 21.7 Å². The van der Waals surface area contributed by atoms with E-state index < -0.39 is 79.1 Å². The van der Waals surface area contributed by atoms with E-state index >= 15 is 0 Å². The van der Waals surface area contributed by atoms with Gasteiger partial charge in [-0.1, -0.05) is 44.2 Å². The maximum absolute atomic E-state index is 13.0. The van der Waals surface area contributed by atoms with Crippen LogP contribution in [0.3, 0.4) is 0 Å². The summed E-state index contributed by atoms with van der Waals surface area (Å²) in [5.74, 6) is -6.94. The lowest BCUT2D eigenvalue weighted by molar-refractivity contribution is -0.144. The molecular formula is C24H34N4O9. The number of carbonyl (C=O) groups is 6. The summed E-state index contributed by atoms with van der Waals surface area (Å²) in [5, 5.41) is 34.1. The largest absolute Gasteiger partial charge is 0.481 e. The number of carboxylic acid groups (broad SMARTS) is 3. The Morgan fingerprint density at radius 2 is 1.32 bits per heavy atom. The molecule has 0 aliphatic carbocycles. The van der Waals surface area contributed by atoms with Crippen molar-refractivity contribution in [3.05, 3.63) is 35.9 Å². The summed E-state index contributed by atoms with van der Waals surface area (Å²) < 4.78 is 0. The molecule has 4 atom stereocenters. The van der Waals surface area contributed by atoms with Crippen LogP contribution in [-0.2, 0) is 35.2 Å². The van der Waals surface area contributed by atoms with E-state index in [-0.39, 0.29) is 18.8 Å². The lowest BCUT2D eigenvalue weighted by Crippen LogP contribution is -2.57. The van der Waals surface area contributed by atoms with Crippen LogP contribution in [0.15, 0.2) is 30.3 Å². The fraction of sp³-hybridized carbons (Fsp3) is 0.500. The lowest BCUT2D eigenvalue weighted by atomic mass is 10.0. The fourth-order valence-electron chi connectivity index (χ4n) is 3.40. The maximum atomic E-state index is 13.0. The number of hydrogen-bond donors (Lipinski definition) is 7. The third-order valence-corrected chi connectivity index (χ3v) is 5.25. The van der Waals surface area contributed by atoms with Gasteiger partial charge in [0.05, 0.1) is 12.5 Å². The van der Waals surface area contributed by atoms with Crippen LogP contribution in [-0.4, -0.2) is 75.1 Å². The second-order valence-corrected chi connectivity index (χ2v) is 8.98. The van der Waals surface area contributed by atoms with E-state index in [2.05, 4.69) is 16.0 Å². The Morgan fingerprint density at radius 1 is 0.784 bits per heavy atom. The minimum absolute atomic E-state index is 0.0828. The van der Waals surface area contributed by atoms with Crippen LogP contribution in [0.4, 0.5) is 0 Å². The van der Waals surface area contributed by atoms with Crippen LogP contribution in [0.2, 0.25) is 0 Å². The molecule has 37 heavy (non-hydrogen) atoms. The number of nitrogens with two attached hydrogens (primary N) is 1. The van der Waals surface area contributed by atoms with E-state index in [0.29, 0.717) is 0 Å². The van der Waals surface area contributed by atoms with E-state index in [1.807, 2.05) is 6.07 Å². The minimum Gasteiger partial charge on any atom is -0.481 e. The molecule has 0 heterocycles. The van der Waals surface area contributed by atoms with Gasteiger partial charge in [0.2, 0.25) is 17.7 Å². The number of rotatable bonds is 16. The second kappa shape index (κ2) is 15.2. The highest BCUT2D eigenvalue weighted by Gasteiger charge is 2.32. The van der Waals surface area contributed by atoms with Crippen LogP contribution in [0.1, 0.15) is 45.1 Å². The number of aliphatic carboxylic acids is 3. The number of hydrogen-bond acceptors (Lipinski definition) is 7. The molecule has 1 aromatic carbocycles. The summed E-state index contributed by atoms with van der Waals surface area (Å²) in [5.41, 5.74) is 6.80. The van der Waals surface area contributed by atoms with Crippen molar-refractivity contribution in [1.82, 2.24) is 16.0 Å². The molecule has 0 radical (unpaired) electrons. The van der Waals surface area contributed by atoms with Crippen molar-refractivity contribution in [3.63, 3.8) is 0 Å². The molecule has 8 N–H and O–H groups in total. The number of nitrogens with one attached hydrogen (secondary N) is 3. The van der Waals surface area contributed by atoms with Crippen LogP contribution in [0.5, 0.6) is 0 Å². The topological polar surface area (TPSA) is 225 Å². The van der Waals surface area contributed by atoms with Crippen molar-refractivity contribution in [2.24, 2.45) is 11.7 Å². The van der Waals surface area contributed by atoms with Crippen molar-refractivity contribution in [2.45, 2.75) is 70.1 Å². The molecule has 13 nitrogen and oxygen atoms in total. The Morgan fingerprint density at radius 3 is 1.84 bits per heavy atom. The lowest BCUT2D eigenvalue weighted by Gasteiger charge is -2.25. The molecule has 0 bridgehead atoms. The van der Waals surface area contributed by atoms with Crippen molar-refractivity contribution < 1.29 is 44.1 Å². The van der Waals surface area contributed by atoms with Crippen molar-refractivity contribution in [2.75, 3.05) is 0 Å². The van der Waals surface area contributed by atoms with Gasteiger partial charge in [-0.25, -0.2) is 4.79 Å². The molecule has 0 spiro atoms. The molecular weight excluding hydrogens is 488 g/mol. The Labute approximate surface area is 213 Å². The van der Waals surface area contributed by atoms with Crippen molar-refractivity contribution in [1.29, 1.82) is 0 Å². The first-order valence-electron chi connectivity index (χ1n) is 11.7. The molecule has 1 aromatic rings. The highest BCUT2D eigenvalue weighted by Crippen LogP contribution is 2.09. The predicted molar refractivity (Wildman–Crippen MR) is 130 cm³/mol. The van der Waals surface area contributed by atoms with Crippen molar-refractivity contribution >= 4 is 35.6 Å². The molecule has 0 saturated carbocycles. The highest BCUT2D eigenvalue weighted by atomic mass is 16.4. The first kappa shape index (κ1) is 31.0. The van der Waals surface area contributed by atoms with E-state index in [1.165, 1.54) is 0 Å². The van der Waals surface area contributed by atoms with E-state index in [4.69, 9.17) is 10.8 Å². The van der Waals surface area contributed by atoms with Gasteiger partial charge in [0.15, 0.2) is 0 Å². The summed E-state index contributed by atoms with van der Waals surface area (Å²) in [6.45, 7) is 3.58. The van der Waals surface area contributed by atoms with Gasteiger partial charge in [0, 0.05) is 6.42 Å². The normalized spacial score (nSPS) is 14.1. The number of benzene rings is 1. The molecule has 0 saturated heterocycles. The van der Waals surface area contributed by atoms with Gasteiger partial charge in [0.25, 0.3) is 0 Å². The van der Waals surface area contributed by atoms with Gasteiger partial charge in [-0.15, -0.1) is 0 Å². The number of amides is 3. The van der Waals surface area contributed by atoms with E-state index in [0.717, 1.165) is 5.56 Å². The standard InChI is InChI=1S/C24H34N4O9/c1-13(2)10-17(27-21(33)15(25)11-14-6-4-3-5-7-14)22(34)28-18(12-20(31)32)23(35)26-16(24(36)37)8-9-19(29)30/h3-7,13,15-18H,8-12,25H2,1-2H3,(H,26,35)(H,27,33)(H,28,34)(H,29,30)(H,31,32)(H,36,37). The molecule has 204 valence electrons. The minimum atomic E-state index is -1.68. The van der Waals surface area contributed by atoms with Crippen LogP contribution in [0, 0.1) is 5.92 Å². The van der Waals surface area contributed by atoms with Crippen molar-refractivity contribution in [3.8, 4) is 0 Å². The summed E-state index contributed by atoms with van der Waals surface area (Å²) >= 11 is 0. The highest BCUT2D eigenvalue weighted by molar-refractivity contribution is 5.95. The van der Waals surface area contributed by atoms with Crippen LogP contribution in [0.25, 0.3) is 0 Å². The third kappa shape index (κ3) is 12.0. The second-order valence-electron chi connectivity index (χ2n) is 8.98. The molecule has 3 amide bonds. The Balaban J connectivity index is 2.97. The zero-order chi connectivity index (χ0) is 28.1. The van der Waals surface area contributed by atoms with Crippen LogP contribution >= 0.6 is 0 Å². The molecule has 0 aliphatic heterocycles. The SMILES string of the molecule is CC(C)CC(NC(=O)C(N)Cc1ccccc1)C(=O)NC(CC(=O)O)C(=O)NC(CCC(=O)O)C(=O)O. The van der Waals surface area contributed by atoms with Gasteiger partial charge >= 0.3 is 17.9 Å². The monoisotopic (exact) mass is 522 g/mol. The zero-order valence-electron chi connectivity index (χ0n) is 20.7. The molecule has 13 heteroatoms. The smallest absolute Gasteiger partial charge is 0.326 e. The van der Waals surface area contributed by atoms with E-state index in [9.17, 15) is 39.0 Å². The molecule has 0 aliphatic rings. The molecule has 1 rings (SSSR count). The van der Waals surface area contributed by atoms with Gasteiger partial charge in [0.1, 0.15) is 18.1 Å². The number of carboxylic acids is 3. The first-order valence-corrected chi connectivity index (χ1v) is 11.7. The quantitative estimate of drug-likeness (QED) is 0.147. The van der Waals surface area contributed by atoms with Gasteiger partial charge in [-0.05, 0) is 30.7 Å². The van der Waals surface area contributed by atoms with E-state index in [1.54, 1.807) is 38.1 Å². The Hall–Kier alpha value is -4.00. The summed E-state index contributed by atoms with van der Waals surface area (Å²) in [4.78, 5) is 71.8. The summed E-state index contributed by atoms with van der Waals surface area (Å²) in [6.07, 6.45) is -1.53. The van der Waals surface area contributed by atoms with Gasteiger partial charge in [-0.2, -0.15) is 0 Å². The Kier molecular flexibility index (Phi) is 12.7. The number of carbonyl (C=O) groups excluding carboxylic acids is 3. The van der Waals surface area contributed by atoms with Gasteiger partial charge < -0.3 is 37.0 Å². The molecule has 0 aromatic heterocycles. The summed E-state index contributed by atoms with van der Waals surface area (Å²) in [7, 11) is 0. The summed E-state index contributed by atoms with van der Waals surface area (Å²) in [6, 6.07) is 3.56. The predicted octanol–water partition coefficient (Wildman–Crippen LogP) is -0.519. The fourth-order valence-corrected chi connectivity index (χ4v) is 3.40. The third-order valence-electron chi connectivity index (χ3n) is 5.25. The first-order chi connectivity index (χ1) is 17.3. The molecule has 0 fully saturated rings. The zero-order valence-corrected chi connectivity index (χ0v) is 20.7. The average molecular weight is 523 g/mol. The Bertz CT molecular complexity index is 968.